The summed E-state index contributed by atoms with van der Waals surface area (Å²) < 4.78 is 10.8. The molecule has 0 saturated carbocycles. The Labute approximate surface area is 145 Å². The van der Waals surface area contributed by atoms with E-state index in [2.05, 4.69) is 9.97 Å². The first-order valence-corrected chi connectivity index (χ1v) is 7.83. The van der Waals surface area contributed by atoms with Crippen LogP contribution in [0, 0.1) is 16.0 Å². The number of aromatic amines is 2. The molecule has 0 amide bonds. The molecule has 3 rings (SSSR count). The summed E-state index contributed by atoms with van der Waals surface area (Å²) in [4.78, 5) is 50.6. The molecule has 0 spiro atoms. The van der Waals surface area contributed by atoms with Crippen LogP contribution in [0.2, 0.25) is 0 Å². The molecule has 0 aliphatic carbocycles. The van der Waals surface area contributed by atoms with E-state index < -0.39 is 34.2 Å². The Bertz CT molecular complexity index is 961. The van der Waals surface area contributed by atoms with Crippen molar-refractivity contribution < 1.29 is 19.2 Å². The van der Waals surface area contributed by atoms with Gasteiger partial charge in [0, 0.05) is 18.6 Å². The van der Waals surface area contributed by atoms with Gasteiger partial charge >= 0.3 is 11.7 Å². The molecule has 0 fully saturated rings. The second kappa shape index (κ2) is 6.82. The van der Waals surface area contributed by atoms with Crippen molar-refractivity contribution in [3.05, 3.63) is 66.3 Å². The molecule has 2 atom stereocenters. The maximum absolute atomic E-state index is 12.4. The van der Waals surface area contributed by atoms with Crippen molar-refractivity contribution in [2.45, 2.75) is 19.4 Å². The number of nitro benzene ring substituents is 1. The highest BCUT2D eigenvalue weighted by atomic mass is 16.6. The number of rotatable bonds is 4. The van der Waals surface area contributed by atoms with E-state index in [-0.39, 0.29) is 30.2 Å². The van der Waals surface area contributed by atoms with Crippen LogP contribution in [0.5, 0.6) is 5.88 Å². The molecule has 1 aliphatic rings. The number of nitro groups is 1. The Balaban J connectivity index is 2.04. The van der Waals surface area contributed by atoms with Gasteiger partial charge < -0.3 is 9.47 Å². The van der Waals surface area contributed by atoms with E-state index in [1.807, 2.05) is 0 Å². The predicted octanol–water partition coefficient (Wildman–Crippen LogP) is 0.827. The third kappa shape index (κ3) is 3.21. The number of benzene rings is 1. The number of fused-ring (bicyclic) bond motifs is 1. The van der Waals surface area contributed by atoms with E-state index in [1.165, 1.54) is 24.3 Å². The topological polar surface area (TPSA) is 144 Å². The monoisotopic (exact) mass is 361 g/mol. The Morgan fingerprint density at radius 1 is 1.31 bits per heavy atom. The smallest absolute Gasteiger partial charge is 0.328 e. The molecule has 10 nitrogen and oxygen atoms in total. The predicted molar refractivity (Wildman–Crippen MR) is 88.0 cm³/mol. The van der Waals surface area contributed by atoms with Gasteiger partial charge in [-0.2, -0.15) is 0 Å². The number of hydrogen-bond donors (Lipinski definition) is 2. The van der Waals surface area contributed by atoms with Gasteiger partial charge in [-0.1, -0.05) is 0 Å². The number of H-pyrrole nitrogens is 2. The zero-order chi connectivity index (χ0) is 18.8. The molecule has 2 aromatic rings. The Kier molecular flexibility index (Phi) is 4.57. The number of nitrogens with zero attached hydrogens (tertiary/aromatic N) is 1. The van der Waals surface area contributed by atoms with Crippen molar-refractivity contribution in [2.24, 2.45) is 5.92 Å². The molecule has 26 heavy (non-hydrogen) atoms. The SMILES string of the molecule is CCOC(=O)[C@@H]1Cc2c([nH]c(=O)[nH]c2=O)O[C@H]1c1ccc([N+](=O)[O-])cc1. The van der Waals surface area contributed by atoms with E-state index in [1.54, 1.807) is 6.92 Å². The van der Waals surface area contributed by atoms with Crippen LogP contribution in [-0.4, -0.2) is 27.5 Å². The third-order valence-electron chi connectivity index (χ3n) is 4.06. The van der Waals surface area contributed by atoms with Crippen molar-refractivity contribution >= 4 is 11.7 Å². The number of nitrogens with one attached hydrogen (secondary N) is 2. The van der Waals surface area contributed by atoms with Gasteiger partial charge in [-0.15, -0.1) is 0 Å². The van der Waals surface area contributed by atoms with Gasteiger partial charge in [-0.3, -0.25) is 29.7 Å². The second-order valence-corrected chi connectivity index (χ2v) is 5.67. The molecule has 1 aromatic heterocycles. The summed E-state index contributed by atoms with van der Waals surface area (Å²) in [6.45, 7) is 1.80. The molecule has 2 N–H and O–H groups in total. The molecular formula is C16H15N3O7. The molecule has 1 aliphatic heterocycles. The minimum atomic E-state index is -0.861. The summed E-state index contributed by atoms with van der Waals surface area (Å²) in [5, 5.41) is 10.8. The number of ether oxygens (including phenoxy) is 2. The van der Waals surface area contributed by atoms with Gasteiger partial charge in [0.05, 0.1) is 17.1 Å². The average molecular weight is 361 g/mol. The van der Waals surface area contributed by atoms with Gasteiger partial charge in [-0.05, 0) is 24.6 Å². The summed E-state index contributed by atoms with van der Waals surface area (Å²) in [6, 6.07) is 5.50. The van der Waals surface area contributed by atoms with E-state index >= 15 is 0 Å². The molecule has 2 heterocycles. The number of esters is 1. The highest BCUT2D eigenvalue weighted by Gasteiger charge is 2.39. The van der Waals surface area contributed by atoms with E-state index in [0.717, 1.165) is 0 Å². The highest BCUT2D eigenvalue weighted by molar-refractivity contribution is 5.74. The highest BCUT2D eigenvalue weighted by Crippen LogP contribution is 2.37. The number of carbonyl (C=O) groups excluding carboxylic acids is 1. The largest absolute Gasteiger partial charge is 0.469 e. The van der Waals surface area contributed by atoms with Crippen LogP contribution in [0.1, 0.15) is 24.2 Å². The lowest BCUT2D eigenvalue weighted by Gasteiger charge is -2.31. The fourth-order valence-electron chi connectivity index (χ4n) is 2.86. The molecule has 0 bridgehead atoms. The van der Waals surface area contributed by atoms with Gasteiger partial charge in [0.1, 0.15) is 12.0 Å². The molecule has 136 valence electrons. The van der Waals surface area contributed by atoms with Gasteiger partial charge in [0.25, 0.3) is 11.2 Å². The second-order valence-electron chi connectivity index (χ2n) is 5.67. The van der Waals surface area contributed by atoms with Crippen LogP contribution in [0.3, 0.4) is 0 Å². The third-order valence-corrected chi connectivity index (χ3v) is 4.06. The standard InChI is InChI=1S/C16H15N3O7/c1-2-25-15(21)10-7-11-13(20)17-16(22)18-14(11)26-12(10)8-3-5-9(6-4-8)19(23)24/h3-6,10,12H,2,7H2,1H3,(H2,17,18,20,22)/t10-,12+/m1/s1. The van der Waals surface area contributed by atoms with Gasteiger partial charge in [0.2, 0.25) is 5.88 Å². The number of hydrogen-bond acceptors (Lipinski definition) is 7. The Morgan fingerprint density at radius 2 is 2.00 bits per heavy atom. The first-order chi connectivity index (χ1) is 12.4. The average Bonchev–Trinajstić information content (AvgIpc) is 2.61. The normalized spacial score (nSPS) is 18.5. The minimum absolute atomic E-state index is 0.00192. The van der Waals surface area contributed by atoms with Crippen molar-refractivity contribution in [3.8, 4) is 5.88 Å². The summed E-state index contributed by atoms with van der Waals surface area (Å²) in [6.07, 6.45) is -0.859. The van der Waals surface area contributed by atoms with Gasteiger partial charge in [0.15, 0.2) is 0 Å². The Morgan fingerprint density at radius 3 is 2.62 bits per heavy atom. The maximum Gasteiger partial charge on any atom is 0.328 e. The van der Waals surface area contributed by atoms with E-state index in [9.17, 15) is 24.5 Å². The molecular weight excluding hydrogens is 346 g/mol. The fourth-order valence-corrected chi connectivity index (χ4v) is 2.86. The quantitative estimate of drug-likeness (QED) is 0.466. The molecule has 0 radical (unpaired) electrons. The van der Waals surface area contributed by atoms with Crippen LogP contribution < -0.4 is 16.0 Å². The summed E-state index contributed by atoms with van der Waals surface area (Å²) in [5.41, 5.74) is -0.852. The summed E-state index contributed by atoms with van der Waals surface area (Å²) in [7, 11) is 0. The number of carbonyl (C=O) groups is 1. The zero-order valence-electron chi connectivity index (χ0n) is 13.7. The van der Waals surface area contributed by atoms with Crippen molar-refractivity contribution in [2.75, 3.05) is 6.61 Å². The Hall–Kier alpha value is -3.43. The first-order valence-electron chi connectivity index (χ1n) is 7.83. The van der Waals surface area contributed by atoms with Gasteiger partial charge in [-0.25, -0.2) is 4.79 Å². The van der Waals surface area contributed by atoms with Crippen LogP contribution in [0.4, 0.5) is 5.69 Å². The van der Waals surface area contributed by atoms with Crippen molar-refractivity contribution in [1.29, 1.82) is 0 Å². The van der Waals surface area contributed by atoms with Crippen molar-refractivity contribution in [1.82, 2.24) is 9.97 Å². The lowest BCUT2D eigenvalue weighted by Crippen LogP contribution is -2.38. The van der Waals surface area contributed by atoms with E-state index in [0.29, 0.717) is 5.56 Å². The number of non-ortho nitro benzene ring substituents is 1. The molecule has 1 aromatic carbocycles. The van der Waals surface area contributed by atoms with Crippen LogP contribution >= 0.6 is 0 Å². The minimum Gasteiger partial charge on any atom is -0.469 e. The molecule has 10 heteroatoms. The zero-order valence-corrected chi connectivity index (χ0v) is 13.7. The molecule has 0 unspecified atom stereocenters. The maximum atomic E-state index is 12.4. The lowest BCUT2D eigenvalue weighted by molar-refractivity contribution is -0.384. The first kappa shape index (κ1) is 17.4. The summed E-state index contributed by atoms with van der Waals surface area (Å²) in [5.74, 6) is -1.43. The summed E-state index contributed by atoms with van der Waals surface area (Å²) >= 11 is 0. The molecule has 0 saturated heterocycles. The fraction of sp³-hybridized carbons (Fsp3) is 0.312. The van der Waals surface area contributed by atoms with E-state index in [4.69, 9.17) is 9.47 Å². The van der Waals surface area contributed by atoms with Crippen LogP contribution in [-0.2, 0) is 16.0 Å². The van der Waals surface area contributed by atoms with Crippen molar-refractivity contribution in [3.63, 3.8) is 0 Å². The lowest BCUT2D eigenvalue weighted by atomic mass is 9.88. The van der Waals surface area contributed by atoms with Crippen LogP contribution in [0.25, 0.3) is 0 Å². The number of aromatic nitrogens is 2. The van der Waals surface area contributed by atoms with Crippen LogP contribution in [0.15, 0.2) is 33.9 Å².